The first-order valence-electron chi connectivity index (χ1n) is 12.1. The molecule has 37 heavy (non-hydrogen) atoms. The van der Waals surface area contributed by atoms with Crippen LogP contribution in [0, 0.1) is 0 Å². The summed E-state index contributed by atoms with van der Waals surface area (Å²) in [5, 5.41) is 22.4. The van der Waals surface area contributed by atoms with Gasteiger partial charge in [-0.15, -0.1) is 0 Å². The van der Waals surface area contributed by atoms with Crippen LogP contribution in [0.25, 0.3) is 11.4 Å². The predicted molar refractivity (Wildman–Crippen MR) is 144 cm³/mol. The summed E-state index contributed by atoms with van der Waals surface area (Å²) < 4.78 is 34.8. The van der Waals surface area contributed by atoms with E-state index in [1.807, 2.05) is 25.1 Å². The van der Waals surface area contributed by atoms with Gasteiger partial charge >= 0.3 is 0 Å². The molecule has 1 aliphatic heterocycles. The molecule has 0 spiro atoms. The van der Waals surface area contributed by atoms with Gasteiger partial charge in [0.2, 0.25) is 0 Å². The van der Waals surface area contributed by atoms with Gasteiger partial charge in [0.15, 0.2) is 5.82 Å². The molecule has 2 atom stereocenters. The number of para-hydroxylation sites is 1. The molecule has 0 radical (unpaired) electrons. The molecule has 0 bridgehead atoms. The molecule has 1 fully saturated rings. The van der Waals surface area contributed by atoms with Crippen LogP contribution in [0.4, 0.5) is 11.5 Å². The van der Waals surface area contributed by atoms with Crippen LogP contribution in [-0.4, -0.2) is 79.8 Å². The standard InChI is InChI=1S/C26H34N4O6S/c1-19-17-35-14-12-30(19)24-16-22(18-37(2,33,34)15-13-31)27-25(29-24)20-8-10-21(11-9-20)28-26(32)36-23-6-4-3-5-7-23/h3-11,16,19,26,28,31-32H,12-15,17-18H2,1-2H3,(H,33,34)/t19-,26?/m0/s1. The lowest BCUT2D eigenvalue weighted by molar-refractivity contribution is 0.00775. The Balaban J connectivity index is 1.59. The van der Waals surface area contributed by atoms with Gasteiger partial charge in [0.05, 0.1) is 43.1 Å². The van der Waals surface area contributed by atoms with Crippen molar-refractivity contribution in [3.8, 4) is 17.1 Å². The van der Waals surface area contributed by atoms with E-state index in [0.29, 0.717) is 54.1 Å². The van der Waals surface area contributed by atoms with E-state index in [4.69, 9.17) is 14.5 Å². The van der Waals surface area contributed by atoms with Gasteiger partial charge in [0, 0.05) is 30.1 Å². The monoisotopic (exact) mass is 530 g/mol. The Labute approximate surface area is 216 Å². The van der Waals surface area contributed by atoms with E-state index in [1.165, 1.54) is 6.26 Å². The Morgan fingerprint density at radius 2 is 1.92 bits per heavy atom. The number of hydrogen-bond donors (Lipinski definition) is 4. The number of nitrogens with zero attached hydrogens (tertiary/aromatic N) is 3. The number of hydrogen-bond acceptors (Lipinski definition) is 9. The van der Waals surface area contributed by atoms with Gasteiger partial charge in [0.25, 0.3) is 6.41 Å². The SMILES string of the molecule is C[C@H]1COCCN1c1cc(CS(C)(=O)(O)CCO)nc(-c2ccc(NC(O)Oc3ccccc3)cc2)n1. The molecule has 10 nitrogen and oxygen atoms in total. The molecule has 1 aliphatic rings. The highest BCUT2D eigenvalue weighted by Gasteiger charge is 2.26. The molecule has 2 aromatic carbocycles. The summed E-state index contributed by atoms with van der Waals surface area (Å²) in [6, 6.07) is 17.9. The van der Waals surface area contributed by atoms with Gasteiger partial charge in [-0.2, -0.15) is 9.35 Å². The van der Waals surface area contributed by atoms with Crippen molar-refractivity contribution in [1.29, 1.82) is 0 Å². The Morgan fingerprint density at radius 3 is 2.59 bits per heavy atom. The number of nitrogens with one attached hydrogen (secondary N) is 1. The van der Waals surface area contributed by atoms with Crippen LogP contribution < -0.4 is 15.0 Å². The zero-order valence-corrected chi connectivity index (χ0v) is 21.8. The number of morpholine rings is 1. The Morgan fingerprint density at radius 1 is 1.19 bits per heavy atom. The smallest absolute Gasteiger partial charge is 0.279 e. The van der Waals surface area contributed by atoms with Crippen LogP contribution in [0.3, 0.4) is 0 Å². The third kappa shape index (κ3) is 7.46. The molecule has 2 heterocycles. The summed E-state index contributed by atoms with van der Waals surface area (Å²) in [7, 11) is -4.11. The molecular formula is C26H34N4O6S. The summed E-state index contributed by atoms with van der Waals surface area (Å²) in [6.07, 6.45) is 0.0308. The lowest BCUT2D eigenvalue weighted by atomic mass is 10.2. The van der Waals surface area contributed by atoms with Gasteiger partial charge in [-0.3, -0.25) is 0 Å². The minimum Gasteiger partial charge on any atom is -0.447 e. The molecule has 4 N–H and O–H groups in total. The fourth-order valence-electron chi connectivity index (χ4n) is 4.10. The Hall–Kier alpha value is -3.09. The molecule has 1 unspecified atom stereocenters. The van der Waals surface area contributed by atoms with E-state index in [2.05, 4.69) is 15.2 Å². The minimum absolute atomic E-state index is 0.0794. The van der Waals surface area contributed by atoms with Gasteiger partial charge in [-0.1, -0.05) is 18.2 Å². The van der Waals surface area contributed by atoms with Crippen molar-refractivity contribution in [2.45, 2.75) is 25.1 Å². The van der Waals surface area contributed by atoms with Crippen LogP contribution in [0.15, 0.2) is 60.7 Å². The minimum atomic E-state index is -4.11. The molecule has 3 aromatic rings. The van der Waals surface area contributed by atoms with E-state index in [1.54, 1.807) is 42.5 Å². The topological polar surface area (TPSA) is 137 Å². The first-order valence-corrected chi connectivity index (χ1v) is 14.7. The second-order valence-corrected chi connectivity index (χ2v) is 13.5. The molecular weight excluding hydrogens is 496 g/mol. The lowest BCUT2D eigenvalue weighted by Gasteiger charge is -2.38. The summed E-state index contributed by atoms with van der Waals surface area (Å²) in [6.45, 7) is 3.40. The van der Waals surface area contributed by atoms with Crippen molar-refractivity contribution in [1.82, 2.24) is 9.97 Å². The highest BCUT2D eigenvalue weighted by Crippen LogP contribution is 2.28. The van der Waals surface area contributed by atoms with Crippen molar-refractivity contribution in [3.63, 3.8) is 0 Å². The molecule has 0 amide bonds. The summed E-state index contributed by atoms with van der Waals surface area (Å²) in [5.74, 6) is 1.17. The maximum atomic E-state index is 13.1. The number of ether oxygens (including phenoxy) is 2. The quantitative estimate of drug-likeness (QED) is 0.289. The highest BCUT2D eigenvalue weighted by molar-refractivity contribution is 8.13. The molecule has 0 saturated carbocycles. The average Bonchev–Trinajstić information content (AvgIpc) is 2.84. The van der Waals surface area contributed by atoms with Crippen molar-refractivity contribution >= 4 is 20.9 Å². The molecule has 1 saturated heterocycles. The number of aliphatic hydroxyl groups excluding tert-OH is 2. The highest BCUT2D eigenvalue weighted by atomic mass is 32.3. The first kappa shape index (κ1) is 27.0. The molecule has 1 aromatic heterocycles. The lowest BCUT2D eigenvalue weighted by Crippen LogP contribution is -2.44. The number of benzene rings is 2. The Bertz CT molecular complexity index is 1250. The fourth-order valence-corrected chi connectivity index (χ4v) is 5.62. The summed E-state index contributed by atoms with van der Waals surface area (Å²) in [4.78, 5) is 11.5. The van der Waals surface area contributed by atoms with Crippen LogP contribution in [0.5, 0.6) is 5.75 Å². The molecule has 200 valence electrons. The van der Waals surface area contributed by atoms with Crippen molar-refractivity contribution in [2.75, 3.05) is 48.6 Å². The maximum absolute atomic E-state index is 13.1. The fraction of sp³-hybridized carbons (Fsp3) is 0.385. The van der Waals surface area contributed by atoms with Crippen molar-refractivity contribution in [2.24, 2.45) is 0 Å². The second kappa shape index (κ2) is 11.1. The second-order valence-electron chi connectivity index (χ2n) is 9.43. The van der Waals surface area contributed by atoms with E-state index >= 15 is 0 Å². The van der Waals surface area contributed by atoms with Gasteiger partial charge in [-0.25, -0.2) is 14.2 Å². The van der Waals surface area contributed by atoms with E-state index in [-0.39, 0.29) is 17.5 Å². The van der Waals surface area contributed by atoms with E-state index < -0.39 is 22.4 Å². The third-order valence-corrected chi connectivity index (χ3v) is 8.25. The van der Waals surface area contributed by atoms with E-state index in [0.717, 1.165) is 0 Å². The van der Waals surface area contributed by atoms with Crippen LogP contribution in [0.1, 0.15) is 12.6 Å². The van der Waals surface area contributed by atoms with Gasteiger partial charge in [0.1, 0.15) is 11.6 Å². The first-order chi connectivity index (χ1) is 17.6. The maximum Gasteiger partial charge on any atom is 0.279 e. The molecule has 4 rings (SSSR count). The largest absolute Gasteiger partial charge is 0.447 e. The van der Waals surface area contributed by atoms with Crippen molar-refractivity contribution in [3.05, 3.63) is 66.4 Å². The van der Waals surface area contributed by atoms with Crippen LogP contribution >= 0.6 is 0 Å². The van der Waals surface area contributed by atoms with Crippen LogP contribution in [-0.2, 0) is 19.8 Å². The number of anilines is 2. The number of aliphatic hydroxyl groups is 2. The van der Waals surface area contributed by atoms with Gasteiger partial charge < -0.3 is 34.5 Å². The Kier molecular flexibility index (Phi) is 8.10. The zero-order chi connectivity index (χ0) is 26.5. The van der Waals surface area contributed by atoms with Crippen LogP contribution in [0.2, 0.25) is 0 Å². The van der Waals surface area contributed by atoms with Crippen molar-refractivity contribution < 1.29 is 28.4 Å². The normalized spacial score (nSPS) is 18.0. The third-order valence-electron chi connectivity index (χ3n) is 5.98. The van der Waals surface area contributed by atoms with E-state index in [9.17, 15) is 19.0 Å². The number of rotatable bonds is 10. The average molecular weight is 531 g/mol. The number of aromatic nitrogens is 2. The summed E-state index contributed by atoms with van der Waals surface area (Å²) in [5.41, 5.74) is 1.75. The predicted octanol–water partition coefficient (Wildman–Crippen LogP) is 2.55. The molecule has 11 heteroatoms. The summed E-state index contributed by atoms with van der Waals surface area (Å²) >= 11 is 0. The van der Waals surface area contributed by atoms with Gasteiger partial charge in [-0.05, 0) is 43.3 Å². The molecule has 0 aliphatic carbocycles. The zero-order valence-electron chi connectivity index (χ0n) is 21.0.